The summed E-state index contributed by atoms with van der Waals surface area (Å²) in [5.74, 6) is 0.313. The van der Waals surface area contributed by atoms with Crippen molar-refractivity contribution in [2.75, 3.05) is 0 Å². The summed E-state index contributed by atoms with van der Waals surface area (Å²) < 4.78 is 5.61. The first-order chi connectivity index (χ1) is 9.74. The molecule has 1 amide bonds. The smallest absolute Gasteiger partial charge is 0.255 e. The monoisotopic (exact) mass is 267 g/mol. The van der Waals surface area contributed by atoms with E-state index >= 15 is 0 Å². The maximum atomic E-state index is 11.9. The molecule has 3 rings (SSSR count). The van der Waals surface area contributed by atoms with Gasteiger partial charge in [0.2, 0.25) is 0 Å². The third kappa shape index (κ3) is 2.36. The van der Waals surface area contributed by atoms with Gasteiger partial charge in [-0.1, -0.05) is 30.3 Å². The van der Waals surface area contributed by atoms with Crippen LogP contribution in [0.25, 0.3) is 11.0 Å². The average molecular weight is 267 g/mol. The van der Waals surface area contributed by atoms with E-state index in [1.807, 2.05) is 30.3 Å². The van der Waals surface area contributed by atoms with E-state index in [1.54, 1.807) is 18.2 Å². The van der Waals surface area contributed by atoms with Crippen LogP contribution in [0.3, 0.4) is 0 Å². The minimum absolute atomic E-state index is 0.0328. The van der Waals surface area contributed by atoms with E-state index in [2.05, 4.69) is 5.32 Å². The van der Waals surface area contributed by atoms with Crippen LogP contribution in [0.5, 0.6) is 5.75 Å². The highest BCUT2D eigenvalue weighted by molar-refractivity contribution is 5.96. The highest BCUT2D eigenvalue weighted by Crippen LogP contribution is 2.19. The van der Waals surface area contributed by atoms with E-state index < -0.39 is 0 Å². The summed E-state index contributed by atoms with van der Waals surface area (Å²) >= 11 is 0. The minimum atomic E-state index is -0.330. The summed E-state index contributed by atoms with van der Waals surface area (Å²) in [6.45, 7) is 0.280. The number of nitrogens with one attached hydrogen (secondary N) is 1. The highest BCUT2D eigenvalue weighted by Gasteiger charge is 2.11. The van der Waals surface area contributed by atoms with Gasteiger partial charge in [0.25, 0.3) is 5.91 Å². The normalized spacial score (nSPS) is 10.6. The lowest BCUT2D eigenvalue weighted by atomic mass is 10.2. The number of phenols is 1. The molecule has 0 fully saturated rings. The number of hydrogen-bond donors (Lipinski definition) is 2. The Morgan fingerprint density at radius 1 is 1.10 bits per heavy atom. The van der Waals surface area contributed by atoms with Gasteiger partial charge in [-0.3, -0.25) is 4.79 Å². The number of para-hydroxylation sites is 2. The molecule has 3 aromatic rings. The summed E-state index contributed by atoms with van der Waals surface area (Å²) in [4.78, 5) is 11.9. The number of rotatable bonds is 3. The Balaban J connectivity index is 1.73. The van der Waals surface area contributed by atoms with E-state index in [4.69, 9.17) is 4.42 Å². The third-order valence-corrected chi connectivity index (χ3v) is 3.05. The number of benzene rings is 2. The minimum Gasteiger partial charge on any atom is -0.507 e. The molecule has 4 nitrogen and oxygen atoms in total. The molecule has 0 bridgehead atoms. The molecule has 0 saturated carbocycles. The van der Waals surface area contributed by atoms with Crippen molar-refractivity contribution in [3.8, 4) is 5.75 Å². The Bertz CT molecular complexity index is 728. The molecule has 0 spiro atoms. The second kappa shape index (κ2) is 5.09. The molecule has 4 heteroatoms. The van der Waals surface area contributed by atoms with Gasteiger partial charge < -0.3 is 14.8 Å². The fourth-order valence-corrected chi connectivity index (χ4v) is 2.05. The van der Waals surface area contributed by atoms with Gasteiger partial charge >= 0.3 is 0 Å². The van der Waals surface area contributed by atoms with E-state index in [-0.39, 0.29) is 23.8 Å². The van der Waals surface area contributed by atoms with Crippen molar-refractivity contribution in [1.82, 2.24) is 5.32 Å². The van der Waals surface area contributed by atoms with Gasteiger partial charge in [0.1, 0.15) is 17.1 Å². The van der Waals surface area contributed by atoms with Gasteiger partial charge in [0.15, 0.2) is 0 Å². The van der Waals surface area contributed by atoms with Crippen LogP contribution < -0.4 is 5.32 Å². The van der Waals surface area contributed by atoms with Crippen molar-refractivity contribution in [2.45, 2.75) is 6.54 Å². The summed E-state index contributed by atoms with van der Waals surface area (Å²) in [5, 5.41) is 13.3. The molecule has 2 N–H and O–H groups in total. The third-order valence-electron chi connectivity index (χ3n) is 3.05. The molecule has 1 aromatic heterocycles. The molecule has 0 aliphatic heterocycles. The lowest BCUT2D eigenvalue weighted by molar-refractivity contribution is 0.0945. The van der Waals surface area contributed by atoms with Gasteiger partial charge in [-0.15, -0.1) is 0 Å². The summed E-state index contributed by atoms with van der Waals surface area (Å²) in [6.07, 6.45) is 0. The Morgan fingerprint density at radius 2 is 1.85 bits per heavy atom. The highest BCUT2D eigenvalue weighted by atomic mass is 16.3. The second-order valence-corrected chi connectivity index (χ2v) is 4.45. The average Bonchev–Trinajstić information content (AvgIpc) is 2.88. The molecule has 0 saturated heterocycles. The molecular formula is C16H13NO3. The first-order valence-electron chi connectivity index (χ1n) is 6.28. The molecule has 0 unspecified atom stereocenters. The van der Waals surface area contributed by atoms with E-state index in [1.165, 1.54) is 6.07 Å². The Morgan fingerprint density at radius 3 is 2.65 bits per heavy atom. The van der Waals surface area contributed by atoms with Crippen LogP contribution in [0.2, 0.25) is 0 Å². The number of aromatic hydroxyl groups is 1. The van der Waals surface area contributed by atoms with Gasteiger partial charge in [-0.05, 0) is 24.3 Å². The molecule has 0 aliphatic rings. The van der Waals surface area contributed by atoms with Crippen LogP contribution in [0.15, 0.2) is 59.0 Å². The number of phenolic OH excluding ortho intramolecular Hbond substituents is 1. The maximum Gasteiger partial charge on any atom is 0.255 e. The predicted molar refractivity (Wildman–Crippen MR) is 75.5 cm³/mol. The van der Waals surface area contributed by atoms with E-state index in [0.717, 1.165) is 11.0 Å². The van der Waals surface area contributed by atoms with Crippen molar-refractivity contribution >= 4 is 16.9 Å². The molecular weight excluding hydrogens is 254 g/mol. The Kier molecular flexibility index (Phi) is 3.13. The molecule has 0 radical (unpaired) electrons. The largest absolute Gasteiger partial charge is 0.507 e. The maximum absolute atomic E-state index is 11.9. The van der Waals surface area contributed by atoms with Crippen LogP contribution in [-0.2, 0) is 6.54 Å². The first-order valence-corrected chi connectivity index (χ1v) is 6.28. The SMILES string of the molecule is O=C(NCc1cc2ccccc2o1)c1ccccc1O. The molecule has 100 valence electrons. The number of furan rings is 1. The number of carbonyl (C=O) groups excluding carboxylic acids is 1. The van der Waals surface area contributed by atoms with Crippen LogP contribution in [0.1, 0.15) is 16.1 Å². The van der Waals surface area contributed by atoms with Gasteiger partial charge in [-0.25, -0.2) is 0 Å². The Labute approximate surface area is 115 Å². The number of fused-ring (bicyclic) bond motifs is 1. The zero-order valence-electron chi connectivity index (χ0n) is 10.7. The number of carbonyl (C=O) groups is 1. The van der Waals surface area contributed by atoms with Crippen molar-refractivity contribution in [3.05, 3.63) is 65.9 Å². The molecule has 0 atom stereocenters. The summed E-state index contributed by atoms with van der Waals surface area (Å²) in [6, 6.07) is 16.0. The van der Waals surface area contributed by atoms with Gasteiger partial charge in [-0.2, -0.15) is 0 Å². The quantitative estimate of drug-likeness (QED) is 0.766. The second-order valence-electron chi connectivity index (χ2n) is 4.45. The van der Waals surface area contributed by atoms with Crippen molar-refractivity contribution < 1.29 is 14.3 Å². The number of hydrogen-bond acceptors (Lipinski definition) is 3. The zero-order chi connectivity index (χ0) is 13.9. The topological polar surface area (TPSA) is 62.5 Å². The van der Waals surface area contributed by atoms with E-state index in [9.17, 15) is 9.90 Å². The fraction of sp³-hybridized carbons (Fsp3) is 0.0625. The van der Waals surface area contributed by atoms with Crippen LogP contribution >= 0.6 is 0 Å². The predicted octanol–water partition coefficient (Wildman–Crippen LogP) is 3.07. The standard InChI is InChI=1S/C16H13NO3/c18-14-7-3-2-6-13(14)16(19)17-10-12-9-11-5-1-4-8-15(11)20-12/h1-9,18H,10H2,(H,17,19). The van der Waals surface area contributed by atoms with Gasteiger partial charge in [0, 0.05) is 5.39 Å². The first kappa shape index (κ1) is 12.3. The zero-order valence-corrected chi connectivity index (χ0v) is 10.7. The van der Waals surface area contributed by atoms with E-state index in [0.29, 0.717) is 5.76 Å². The fourth-order valence-electron chi connectivity index (χ4n) is 2.05. The van der Waals surface area contributed by atoms with Crippen molar-refractivity contribution in [3.63, 3.8) is 0 Å². The summed E-state index contributed by atoms with van der Waals surface area (Å²) in [7, 11) is 0. The Hall–Kier alpha value is -2.75. The lowest BCUT2D eigenvalue weighted by Gasteiger charge is -2.04. The molecule has 2 aromatic carbocycles. The van der Waals surface area contributed by atoms with Crippen LogP contribution in [0.4, 0.5) is 0 Å². The molecule has 20 heavy (non-hydrogen) atoms. The summed E-state index contributed by atoms with van der Waals surface area (Å²) in [5.41, 5.74) is 1.04. The van der Waals surface area contributed by atoms with Crippen molar-refractivity contribution in [1.29, 1.82) is 0 Å². The lowest BCUT2D eigenvalue weighted by Crippen LogP contribution is -2.22. The van der Waals surface area contributed by atoms with Gasteiger partial charge in [0.05, 0.1) is 12.1 Å². The number of amides is 1. The van der Waals surface area contributed by atoms with Crippen molar-refractivity contribution in [2.24, 2.45) is 0 Å². The molecule has 1 heterocycles. The van der Waals surface area contributed by atoms with Crippen LogP contribution in [0, 0.1) is 0 Å². The molecule has 0 aliphatic carbocycles. The van der Waals surface area contributed by atoms with Crippen LogP contribution in [-0.4, -0.2) is 11.0 Å².